The fraction of sp³-hybridized carbons (Fsp3) is 0.667. The third-order valence-corrected chi connectivity index (χ3v) is 3.78. The van der Waals surface area contributed by atoms with Crippen molar-refractivity contribution in [2.45, 2.75) is 59.4 Å². The summed E-state index contributed by atoms with van der Waals surface area (Å²) in [6, 6.07) is 6.80. The molecule has 2 nitrogen and oxygen atoms in total. The van der Waals surface area contributed by atoms with Gasteiger partial charge in [-0.2, -0.15) is 0 Å². The second-order valence-corrected chi connectivity index (χ2v) is 6.04. The molecule has 0 aliphatic rings. The maximum atomic E-state index is 6.44. The number of hydrogen-bond donors (Lipinski definition) is 1. The molecular formula is C18H32N2. The summed E-state index contributed by atoms with van der Waals surface area (Å²) in [6.45, 7) is 12.1. The quantitative estimate of drug-likeness (QED) is 0.732. The van der Waals surface area contributed by atoms with E-state index in [1.165, 1.54) is 55.5 Å². The fourth-order valence-corrected chi connectivity index (χ4v) is 2.67. The third-order valence-electron chi connectivity index (χ3n) is 3.78. The number of hydrogen-bond acceptors (Lipinski definition) is 2. The van der Waals surface area contributed by atoms with Crippen LogP contribution in [0.1, 0.15) is 62.3 Å². The largest absolute Gasteiger partial charge is 0.323 e. The van der Waals surface area contributed by atoms with E-state index in [4.69, 9.17) is 5.73 Å². The second-order valence-electron chi connectivity index (χ2n) is 6.04. The molecule has 1 unspecified atom stereocenters. The smallest absolute Gasteiger partial charge is 0.0424 e. The first kappa shape index (κ1) is 17.2. The van der Waals surface area contributed by atoms with E-state index in [0.29, 0.717) is 0 Å². The van der Waals surface area contributed by atoms with E-state index in [1.807, 2.05) is 0 Å². The number of nitrogens with zero attached hydrogens (tertiary/aromatic N) is 1. The number of benzene rings is 1. The first-order valence-electron chi connectivity index (χ1n) is 8.13. The van der Waals surface area contributed by atoms with E-state index in [-0.39, 0.29) is 6.04 Å². The zero-order chi connectivity index (χ0) is 15.0. The molecule has 1 aromatic rings. The number of unbranched alkanes of at least 4 members (excludes halogenated alkanes) is 2. The fourth-order valence-electron chi connectivity index (χ4n) is 2.67. The van der Waals surface area contributed by atoms with E-state index in [0.717, 1.165) is 6.54 Å². The van der Waals surface area contributed by atoms with Gasteiger partial charge in [-0.1, -0.05) is 56.0 Å². The molecule has 0 saturated carbocycles. The minimum Gasteiger partial charge on any atom is -0.323 e. The Morgan fingerprint density at radius 2 is 1.45 bits per heavy atom. The van der Waals surface area contributed by atoms with Gasteiger partial charge in [0.2, 0.25) is 0 Å². The topological polar surface area (TPSA) is 29.3 Å². The van der Waals surface area contributed by atoms with Crippen LogP contribution in [-0.4, -0.2) is 24.5 Å². The van der Waals surface area contributed by atoms with Crippen LogP contribution in [0.5, 0.6) is 0 Å². The minimum absolute atomic E-state index is 0.127. The van der Waals surface area contributed by atoms with Gasteiger partial charge in [-0.3, -0.25) is 0 Å². The lowest BCUT2D eigenvalue weighted by atomic mass is 10.0. The van der Waals surface area contributed by atoms with Crippen molar-refractivity contribution >= 4 is 0 Å². The summed E-state index contributed by atoms with van der Waals surface area (Å²) in [7, 11) is 0. The predicted octanol–water partition coefficient (Wildman–Crippen LogP) is 4.21. The molecule has 0 bridgehead atoms. The number of rotatable bonds is 9. The zero-order valence-electron chi connectivity index (χ0n) is 13.8. The molecular weight excluding hydrogens is 244 g/mol. The van der Waals surface area contributed by atoms with E-state index in [9.17, 15) is 0 Å². The Morgan fingerprint density at radius 3 is 1.90 bits per heavy atom. The van der Waals surface area contributed by atoms with Gasteiger partial charge in [-0.15, -0.1) is 0 Å². The normalized spacial score (nSPS) is 12.9. The van der Waals surface area contributed by atoms with Crippen LogP contribution >= 0.6 is 0 Å². The van der Waals surface area contributed by atoms with Crippen LogP contribution in [0.2, 0.25) is 0 Å². The lowest BCUT2D eigenvalue weighted by Gasteiger charge is -2.26. The molecule has 2 N–H and O–H groups in total. The average Bonchev–Trinajstić information content (AvgIpc) is 2.40. The molecule has 0 aliphatic carbocycles. The molecule has 20 heavy (non-hydrogen) atoms. The van der Waals surface area contributed by atoms with Gasteiger partial charge in [-0.05, 0) is 45.3 Å². The Morgan fingerprint density at radius 1 is 0.950 bits per heavy atom. The number of aryl methyl sites for hydroxylation is 2. The summed E-state index contributed by atoms with van der Waals surface area (Å²) in [5.41, 5.74) is 10.3. The SMILES string of the molecule is CCCCN(CCCC)CC(N)c1cc(C)cc(C)c1. The molecule has 2 heteroatoms. The van der Waals surface area contributed by atoms with Crippen LogP contribution in [-0.2, 0) is 0 Å². The van der Waals surface area contributed by atoms with Crippen molar-refractivity contribution in [2.75, 3.05) is 19.6 Å². The minimum atomic E-state index is 0.127. The molecule has 1 rings (SSSR count). The van der Waals surface area contributed by atoms with Crippen LogP contribution in [0.3, 0.4) is 0 Å². The first-order chi connectivity index (χ1) is 9.56. The van der Waals surface area contributed by atoms with Crippen molar-refractivity contribution in [3.05, 3.63) is 34.9 Å². The van der Waals surface area contributed by atoms with Crippen LogP contribution in [0.25, 0.3) is 0 Å². The van der Waals surface area contributed by atoms with Gasteiger partial charge in [-0.25, -0.2) is 0 Å². The van der Waals surface area contributed by atoms with Gasteiger partial charge in [0, 0.05) is 12.6 Å². The highest BCUT2D eigenvalue weighted by molar-refractivity contribution is 5.30. The maximum Gasteiger partial charge on any atom is 0.0424 e. The third kappa shape index (κ3) is 6.06. The predicted molar refractivity (Wildman–Crippen MR) is 89.1 cm³/mol. The zero-order valence-corrected chi connectivity index (χ0v) is 13.8. The van der Waals surface area contributed by atoms with Gasteiger partial charge in [0.1, 0.15) is 0 Å². The molecule has 0 aromatic heterocycles. The molecule has 114 valence electrons. The summed E-state index contributed by atoms with van der Waals surface area (Å²) in [5.74, 6) is 0. The Bertz CT molecular complexity index is 359. The Hall–Kier alpha value is -0.860. The van der Waals surface area contributed by atoms with Crippen molar-refractivity contribution in [1.29, 1.82) is 0 Å². The highest BCUT2D eigenvalue weighted by Gasteiger charge is 2.12. The second kappa shape index (κ2) is 9.15. The summed E-state index contributed by atoms with van der Waals surface area (Å²) in [5, 5.41) is 0. The summed E-state index contributed by atoms with van der Waals surface area (Å²) >= 11 is 0. The lowest BCUT2D eigenvalue weighted by molar-refractivity contribution is 0.250. The van der Waals surface area contributed by atoms with Crippen LogP contribution in [0.15, 0.2) is 18.2 Å². The highest BCUT2D eigenvalue weighted by Crippen LogP contribution is 2.17. The van der Waals surface area contributed by atoms with E-state index >= 15 is 0 Å². The molecule has 1 aromatic carbocycles. The van der Waals surface area contributed by atoms with Gasteiger partial charge in [0.15, 0.2) is 0 Å². The average molecular weight is 276 g/mol. The molecule has 0 amide bonds. The number of nitrogens with two attached hydrogens (primary N) is 1. The molecule has 1 atom stereocenters. The lowest BCUT2D eigenvalue weighted by Crippen LogP contribution is -2.34. The Labute approximate surface area is 125 Å². The van der Waals surface area contributed by atoms with Crippen molar-refractivity contribution in [3.8, 4) is 0 Å². The highest BCUT2D eigenvalue weighted by atomic mass is 15.1. The molecule has 0 fully saturated rings. The summed E-state index contributed by atoms with van der Waals surface area (Å²) in [4.78, 5) is 2.54. The summed E-state index contributed by atoms with van der Waals surface area (Å²) in [6.07, 6.45) is 5.04. The van der Waals surface area contributed by atoms with Crippen LogP contribution in [0, 0.1) is 13.8 Å². The maximum absolute atomic E-state index is 6.44. The van der Waals surface area contributed by atoms with Gasteiger partial charge >= 0.3 is 0 Å². The Balaban J connectivity index is 2.65. The van der Waals surface area contributed by atoms with Crippen LogP contribution in [0.4, 0.5) is 0 Å². The first-order valence-corrected chi connectivity index (χ1v) is 8.13. The van der Waals surface area contributed by atoms with Gasteiger partial charge < -0.3 is 10.6 Å². The van der Waals surface area contributed by atoms with Crippen molar-refractivity contribution in [2.24, 2.45) is 5.73 Å². The van der Waals surface area contributed by atoms with Gasteiger partial charge in [0.05, 0.1) is 0 Å². The van der Waals surface area contributed by atoms with E-state index in [1.54, 1.807) is 0 Å². The van der Waals surface area contributed by atoms with Crippen molar-refractivity contribution in [3.63, 3.8) is 0 Å². The van der Waals surface area contributed by atoms with E-state index in [2.05, 4.69) is 50.8 Å². The standard InChI is InChI=1S/C18H32N2/c1-5-7-9-20(10-8-6-2)14-18(19)17-12-15(3)11-16(4)13-17/h11-13,18H,5-10,14,19H2,1-4H3. The summed E-state index contributed by atoms with van der Waals surface area (Å²) < 4.78 is 0. The van der Waals surface area contributed by atoms with Crippen molar-refractivity contribution < 1.29 is 0 Å². The van der Waals surface area contributed by atoms with Gasteiger partial charge in [0.25, 0.3) is 0 Å². The molecule has 0 aliphatic heterocycles. The van der Waals surface area contributed by atoms with Crippen LogP contribution < -0.4 is 5.73 Å². The molecule has 0 heterocycles. The van der Waals surface area contributed by atoms with Crippen molar-refractivity contribution in [1.82, 2.24) is 4.90 Å². The Kier molecular flexibility index (Phi) is 7.86. The molecule has 0 spiro atoms. The van der Waals surface area contributed by atoms with E-state index < -0.39 is 0 Å². The molecule has 0 saturated heterocycles. The molecule has 0 radical (unpaired) electrons. The monoisotopic (exact) mass is 276 g/mol.